The lowest BCUT2D eigenvalue weighted by Crippen LogP contribution is -2.35. The number of amides is 6. The van der Waals surface area contributed by atoms with Crippen molar-refractivity contribution in [3.05, 3.63) is 24.4 Å². The Morgan fingerprint density at radius 2 is 0.762 bits per heavy atom. The van der Waals surface area contributed by atoms with Gasteiger partial charge in [0.05, 0.1) is 110 Å². The second-order valence-electron chi connectivity index (χ2n) is 21.4. The Bertz CT molecular complexity index is 2110. The van der Waals surface area contributed by atoms with Crippen LogP contribution in [0.1, 0.15) is 119 Å². The first-order chi connectivity index (χ1) is 49.8. The molecule has 0 radical (unpaired) electrons. The number of alkyl carbamates (subject to hydrolysis) is 2. The Hall–Kier alpha value is -6.45. The summed E-state index contributed by atoms with van der Waals surface area (Å²) < 4.78 is 76.4. The Morgan fingerprint density at radius 3 is 1.13 bits per heavy atom. The average molecular weight is 1530 g/mol. The first-order valence-electron chi connectivity index (χ1n) is 34.0. The SMILES string of the molecule is C.C=C(CCNC(=O)OCC(OC)OC(CC)CO)NCCNC(=O)CCOCCOCCNC(=O)CCN1C(=O)C=CC1=O.CCC(CO)OC(CO)OC.CCC(CO)OC(CO)OC.CCC(CO)OC(COC(=O)CCCC(=O)O)OC.CCC(CO)OC(COC(=O)NCCC(=O)O)OC. The molecule has 10 unspecified atom stereocenters. The van der Waals surface area contributed by atoms with Gasteiger partial charge in [-0.3, -0.25) is 38.5 Å². The van der Waals surface area contributed by atoms with Crippen LogP contribution in [0.3, 0.4) is 0 Å². The summed E-state index contributed by atoms with van der Waals surface area (Å²) in [6.07, 6.45) is -0.274. The van der Waals surface area contributed by atoms with Gasteiger partial charge < -0.3 is 144 Å². The molecular formula is C66H126N6O33. The monoisotopic (exact) mass is 1530 g/mol. The van der Waals surface area contributed by atoms with Crippen molar-refractivity contribution < 1.29 is 160 Å². The number of hydrogen-bond acceptors (Lipinski definition) is 32. The number of nitrogens with one attached hydrogen (secondary N) is 5. The first-order valence-corrected chi connectivity index (χ1v) is 34.0. The molecule has 1 heterocycles. The van der Waals surface area contributed by atoms with Crippen LogP contribution in [0.25, 0.3) is 0 Å². The average Bonchev–Trinajstić information content (AvgIpc) is 1.74. The highest BCUT2D eigenvalue weighted by molar-refractivity contribution is 6.13. The summed E-state index contributed by atoms with van der Waals surface area (Å²) in [6.45, 7) is 14.5. The van der Waals surface area contributed by atoms with E-state index in [4.69, 9.17) is 112 Å². The normalized spacial score (nSPS) is 14.2. The lowest BCUT2D eigenvalue weighted by molar-refractivity contribution is -0.194. The van der Waals surface area contributed by atoms with Crippen molar-refractivity contribution in [2.24, 2.45) is 0 Å². The van der Waals surface area contributed by atoms with Gasteiger partial charge in [-0.2, -0.15) is 0 Å². The minimum absolute atomic E-state index is 0. The van der Waals surface area contributed by atoms with Gasteiger partial charge in [0.1, 0.15) is 19.8 Å². The van der Waals surface area contributed by atoms with Crippen molar-refractivity contribution in [3.63, 3.8) is 0 Å². The number of aliphatic carboxylic acids is 2. The number of ether oxygens (including phenoxy) is 15. The van der Waals surface area contributed by atoms with Crippen LogP contribution in [0.5, 0.6) is 0 Å². The number of rotatable bonds is 59. The van der Waals surface area contributed by atoms with E-state index in [9.17, 15) is 48.3 Å². The summed E-state index contributed by atoms with van der Waals surface area (Å²) in [6, 6.07) is 0. The Morgan fingerprint density at radius 1 is 0.410 bits per heavy atom. The highest BCUT2D eigenvalue weighted by Crippen LogP contribution is 2.10. The maximum absolute atomic E-state index is 11.9. The number of carbonyl (C=O) groups excluding carboxylic acids is 7. The van der Waals surface area contributed by atoms with Crippen LogP contribution in [0.15, 0.2) is 24.4 Å². The van der Waals surface area contributed by atoms with Gasteiger partial charge in [0.25, 0.3) is 11.8 Å². The predicted molar refractivity (Wildman–Crippen MR) is 374 cm³/mol. The van der Waals surface area contributed by atoms with E-state index in [0.29, 0.717) is 77.1 Å². The minimum Gasteiger partial charge on any atom is -0.481 e. The van der Waals surface area contributed by atoms with Crippen LogP contribution in [-0.2, 0) is 105 Å². The van der Waals surface area contributed by atoms with Crippen molar-refractivity contribution in [2.75, 3.05) is 167 Å². The number of esters is 1. The summed E-state index contributed by atoms with van der Waals surface area (Å²) in [5, 5.41) is 91.9. The van der Waals surface area contributed by atoms with Crippen LogP contribution in [0, 0.1) is 0 Å². The van der Waals surface area contributed by atoms with E-state index >= 15 is 0 Å². The van der Waals surface area contributed by atoms with Gasteiger partial charge in [-0.25, -0.2) is 9.59 Å². The third-order valence-corrected chi connectivity index (χ3v) is 13.5. The molecule has 0 aromatic carbocycles. The molecule has 618 valence electrons. The zero-order chi connectivity index (χ0) is 79.3. The predicted octanol–water partition coefficient (Wildman–Crippen LogP) is -0.458. The summed E-state index contributed by atoms with van der Waals surface area (Å²) in [4.78, 5) is 102. The molecule has 1 aliphatic heterocycles. The van der Waals surface area contributed by atoms with Gasteiger partial charge in [-0.1, -0.05) is 48.6 Å². The number of carbonyl (C=O) groups is 9. The number of methoxy groups -OCH3 is 5. The van der Waals surface area contributed by atoms with Crippen LogP contribution in [0.2, 0.25) is 0 Å². The second-order valence-corrected chi connectivity index (χ2v) is 21.4. The van der Waals surface area contributed by atoms with E-state index in [1.165, 1.54) is 47.7 Å². The Kier molecular flexibility index (Phi) is 75.9. The molecule has 0 fully saturated rings. The quantitative estimate of drug-likeness (QED) is 0.0120. The minimum atomic E-state index is -1.01. The fraction of sp³-hybridized carbons (Fsp3) is 0.803. The molecule has 39 nitrogen and oxygen atoms in total. The molecule has 0 aromatic heterocycles. The summed E-state index contributed by atoms with van der Waals surface area (Å²) in [7, 11) is 7.12. The van der Waals surface area contributed by atoms with E-state index in [1.807, 2.05) is 34.6 Å². The van der Waals surface area contributed by atoms with Crippen molar-refractivity contribution in [1.29, 1.82) is 0 Å². The molecule has 6 amide bonds. The molecule has 0 bridgehead atoms. The van der Waals surface area contributed by atoms with Crippen LogP contribution in [-0.4, -0.2) is 334 Å². The summed E-state index contributed by atoms with van der Waals surface area (Å²) in [5.41, 5.74) is 0.682. The number of imide groups is 1. The van der Waals surface area contributed by atoms with E-state index in [2.05, 4.69) is 33.2 Å². The molecule has 10 atom stereocenters. The van der Waals surface area contributed by atoms with E-state index in [0.717, 1.165) is 4.90 Å². The second kappa shape index (κ2) is 74.4. The van der Waals surface area contributed by atoms with Crippen molar-refractivity contribution in [2.45, 2.75) is 181 Å². The number of aliphatic hydroxyl groups is 7. The van der Waals surface area contributed by atoms with Crippen molar-refractivity contribution >= 4 is 53.7 Å². The van der Waals surface area contributed by atoms with Gasteiger partial charge >= 0.3 is 30.1 Å². The van der Waals surface area contributed by atoms with E-state index in [1.54, 1.807) is 0 Å². The fourth-order valence-corrected chi connectivity index (χ4v) is 7.16. The standard InChI is InChI=1S/C28H47N5O11.C12H22O7.C11H21NO7.2C7H16O4.CH4/c1-4-22(19-34)44-27(40-3)20-43-28(39)32-10-7-21(2)29-11-12-30-24(36)9-15-41-17-18-42-16-13-31-23(35)8-14-33-25(37)5-6-26(33)38;1-3-9(7-13)19-12(17-2)8-18-11(16)6-4-5-10(14)15;1-3-8(6-13)19-10(17-2)7-18-11(16)12-5-4-9(14)15;2*1-3-6(4-8)11-7(5-9)10-2;/h5-6,22,27,29,34H,2,4,7-20H2,1,3H3,(H,30,36)(H,31,35)(H,32,39);9,12-13H,3-8H2,1-2H3,(H,14,15);8,10,13H,3-7H2,1-2H3,(H,12,16)(H,14,15);2*6-9H,3-5H2,1-2H3;1H4. The number of carboxylic acids is 2. The Labute approximate surface area is 616 Å². The molecule has 0 saturated heterocycles. The van der Waals surface area contributed by atoms with Crippen LogP contribution >= 0.6 is 0 Å². The molecule has 1 aliphatic rings. The van der Waals surface area contributed by atoms with Gasteiger partial charge in [0.15, 0.2) is 31.5 Å². The number of hydrogen-bond donors (Lipinski definition) is 14. The molecule has 105 heavy (non-hydrogen) atoms. The zero-order valence-electron chi connectivity index (χ0n) is 62.0. The first kappa shape index (κ1) is 107. The molecule has 0 aromatic rings. The highest BCUT2D eigenvalue weighted by Gasteiger charge is 2.24. The molecule has 0 aliphatic carbocycles. The third kappa shape index (κ3) is 64.5. The van der Waals surface area contributed by atoms with E-state index < -0.39 is 79.5 Å². The Balaban J connectivity index is -0.000000451. The molecule has 1 rings (SSSR count). The zero-order valence-corrected chi connectivity index (χ0v) is 62.0. The highest BCUT2D eigenvalue weighted by atomic mass is 16.7. The van der Waals surface area contributed by atoms with Crippen LogP contribution in [0.4, 0.5) is 9.59 Å². The maximum Gasteiger partial charge on any atom is 0.407 e. The summed E-state index contributed by atoms with van der Waals surface area (Å²) >= 11 is 0. The summed E-state index contributed by atoms with van der Waals surface area (Å²) in [5.74, 6) is -3.74. The molecule has 0 saturated carbocycles. The molecular weight excluding hydrogens is 1400 g/mol. The van der Waals surface area contributed by atoms with Gasteiger partial charge in [0, 0.05) is 125 Å². The number of nitrogens with zero attached hydrogens (tertiary/aromatic N) is 1. The third-order valence-electron chi connectivity index (χ3n) is 13.5. The molecule has 14 N–H and O–H groups in total. The van der Waals surface area contributed by atoms with Gasteiger partial charge in [-0.05, 0) is 38.5 Å². The van der Waals surface area contributed by atoms with Gasteiger partial charge in [-0.15, -0.1) is 0 Å². The fourth-order valence-electron chi connectivity index (χ4n) is 7.16. The maximum atomic E-state index is 11.9. The largest absolute Gasteiger partial charge is 0.481 e. The van der Waals surface area contributed by atoms with Crippen LogP contribution < -0.4 is 26.6 Å². The lowest BCUT2D eigenvalue weighted by atomic mass is 10.2. The number of carboxylic acid groups (broad SMARTS) is 2. The topological polar surface area (TPSA) is 538 Å². The van der Waals surface area contributed by atoms with Crippen molar-refractivity contribution in [1.82, 2.24) is 31.5 Å². The molecule has 39 heteroatoms. The van der Waals surface area contributed by atoms with Crippen molar-refractivity contribution in [3.8, 4) is 0 Å². The van der Waals surface area contributed by atoms with E-state index in [-0.39, 0.29) is 181 Å². The lowest BCUT2D eigenvalue weighted by Gasteiger charge is -2.21. The molecule has 0 spiro atoms. The smallest absolute Gasteiger partial charge is 0.407 e. The number of aliphatic hydroxyl groups excluding tert-OH is 7. The van der Waals surface area contributed by atoms with Gasteiger partial charge in [0.2, 0.25) is 11.8 Å².